The monoisotopic (exact) mass is 301 g/mol. The number of rotatable bonds is 5. The summed E-state index contributed by atoms with van der Waals surface area (Å²) in [5.41, 5.74) is 0.0513. The molecular weight excluding hydrogens is 282 g/mol. The van der Waals surface area contributed by atoms with Gasteiger partial charge >= 0.3 is 5.97 Å². The lowest BCUT2D eigenvalue weighted by atomic mass is 10.1. The van der Waals surface area contributed by atoms with E-state index in [1.807, 2.05) is 26.0 Å². The molecule has 0 saturated carbocycles. The summed E-state index contributed by atoms with van der Waals surface area (Å²) in [5.74, 6) is -0.889. The van der Waals surface area contributed by atoms with Crippen molar-refractivity contribution in [2.75, 3.05) is 13.2 Å². The van der Waals surface area contributed by atoms with Crippen LogP contribution in [0, 0.1) is 5.92 Å². The molecule has 2 rings (SSSR count). The average Bonchev–Trinajstić information content (AvgIpc) is 2.51. The van der Waals surface area contributed by atoms with Gasteiger partial charge in [0.25, 0.3) is 5.91 Å². The van der Waals surface area contributed by atoms with Crippen molar-refractivity contribution in [2.45, 2.75) is 13.8 Å². The van der Waals surface area contributed by atoms with Gasteiger partial charge in [0.2, 0.25) is 0 Å². The second-order valence-electron chi connectivity index (χ2n) is 5.46. The predicted octanol–water partition coefficient (Wildman–Crippen LogP) is 2.47. The third-order valence-corrected chi connectivity index (χ3v) is 3.16. The van der Waals surface area contributed by atoms with Gasteiger partial charge in [-0.25, -0.2) is 4.79 Å². The number of esters is 1. The molecule has 0 heterocycles. The van der Waals surface area contributed by atoms with Crippen molar-refractivity contribution in [1.82, 2.24) is 5.32 Å². The molecule has 0 atom stereocenters. The third kappa shape index (κ3) is 3.75. The van der Waals surface area contributed by atoms with Crippen LogP contribution in [0.4, 0.5) is 0 Å². The smallest absolute Gasteiger partial charge is 0.342 e. The van der Waals surface area contributed by atoms with Crippen LogP contribution in [0.3, 0.4) is 0 Å². The summed E-state index contributed by atoms with van der Waals surface area (Å²) in [6, 6.07) is 10.4. The minimum atomic E-state index is -0.719. The lowest BCUT2D eigenvalue weighted by Crippen LogP contribution is -2.31. The molecule has 5 heteroatoms. The number of hydrogen-bond acceptors (Lipinski definition) is 4. The molecule has 5 nitrogen and oxygen atoms in total. The van der Waals surface area contributed by atoms with Gasteiger partial charge in [-0.05, 0) is 17.4 Å². The van der Waals surface area contributed by atoms with Crippen molar-refractivity contribution >= 4 is 22.6 Å². The second-order valence-corrected chi connectivity index (χ2v) is 5.46. The Balaban J connectivity index is 2.04. The van der Waals surface area contributed by atoms with E-state index in [0.717, 1.165) is 5.39 Å². The van der Waals surface area contributed by atoms with Crippen LogP contribution in [0.25, 0.3) is 10.8 Å². The van der Waals surface area contributed by atoms with Gasteiger partial charge in [-0.15, -0.1) is 0 Å². The van der Waals surface area contributed by atoms with Gasteiger partial charge in [0.15, 0.2) is 6.61 Å². The SMILES string of the molecule is CC(C)CNC(=O)COC(=O)c1ccc2ccccc2c1O. The van der Waals surface area contributed by atoms with Gasteiger partial charge in [-0.1, -0.05) is 44.2 Å². The third-order valence-electron chi connectivity index (χ3n) is 3.16. The maximum atomic E-state index is 12.0. The van der Waals surface area contributed by atoms with E-state index in [0.29, 0.717) is 17.8 Å². The topological polar surface area (TPSA) is 75.6 Å². The van der Waals surface area contributed by atoms with Gasteiger partial charge in [-0.2, -0.15) is 0 Å². The molecule has 1 amide bonds. The molecule has 0 fully saturated rings. The van der Waals surface area contributed by atoms with Crippen LogP contribution in [-0.4, -0.2) is 30.1 Å². The molecule has 0 spiro atoms. The van der Waals surface area contributed by atoms with Crippen molar-refractivity contribution in [3.63, 3.8) is 0 Å². The minimum absolute atomic E-state index is 0.0513. The fourth-order valence-electron chi connectivity index (χ4n) is 2.00. The summed E-state index contributed by atoms with van der Waals surface area (Å²) in [7, 11) is 0. The molecular formula is C17H19NO4. The molecule has 0 saturated heterocycles. The standard InChI is InChI=1S/C17H19NO4/c1-11(2)9-18-15(19)10-22-17(21)14-8-7-12-5-3-4-6-13(12)16(14)20/h3-8,11,20H,9-10H2,1-2H3,(H,18,19). The summed E-state index contributed by atoms with van der Waals surface area (Å²) in [6.45, 7) is 4.11. The highest BCUT2D eigenvalue weighted by Gasteiger charge is 2.16. The van der Waals surface area contributed by atoms with E-state index in [1.165, 1.54) is 6.07 Å². The highest BCUT2D eigenvalue weighted by Crippen LogP contribution is 2.28. The van der Waals surface area contributed by atoms with Crippen LogP contribution in [0.2, 0.25) is 0 Å². The number of nitrogens with one attached hydrogen (secondary N) is 1. The molecule has 0 radical (unpaired) electrons. The zero-order chi connectivity index (χ0) is 16.1. The summed E-state index contributed by atoms with van der Waals surface area (Å²) in [6.07, 6.45) is 0. The fraction of sp³-hybridized carbons (Fsp3) is 0.294. The largest absolute Gasteiger partial charge is 0.506 e. The Labute approximate surface area is 128 Å². The molecule has 0 unspecified atom stereocenters. The molecule has 0 aliphatic carbocycles. The number of carbonyl (C=O) groups is 2. The van der Waals surface area contributed by atoms with Crippen molar-refractivity contribution in [1.29, 1.82) is 0 Å². The highest BCUT2D eigenvalue weighted by molar-refractivity contribution is 6.01. The quantitative estimate of drug-likeness (QED) is 0.832. The molecule has 22 heavy (non-hydrogen) atoms. The summed E-state index contributed by atoms with van der Waals surface area (Å²) in [5, 5.41) is 14.2. The van der Waals surface area contributed by atoms with E-state index >= 15 is 0 Å². The molecule has 116 valence electrons. The zero-order valence-corrected chi connectivity index (χ0v) is 12.6. The first kappa shape index (κ1) is 15.8. The lowest BCUT2D eigenvalue weighted by Gasteiger charge is -2.10. The molecule has 0 bridgehead atoms. The Hall–Kier alpha value is -2.56. The van der Waals surface area contributed by atoms with E-state index < -0.39 is 5.97 Å². The van der Waals surface area contributed by atoms with Crippen molar-refractivity contribution in [3.05, 3.63) is 42.0 Å². The number of benzene rings is 2. The number of hydrogen-bond donors (Lipinski definition) is 2. The van der Waals surface area contributed by atoms with E-state index in [-0.39, 0.29) is 23.8 Å². The Morgan fingerprint density at radius 3 is 2.64 bits per heavy atom. The van der Waals surface area contributed by atoms with Gasteiger partial charge in [-0.3, -0.25) is 4.79 Å². The van der Waals surface area contributed by atoms with Crippen LogP contribution in [0.5, 0.6) is 5.75 Å². The molecule has 2 aromatic rings. The number of aromatic hydroxyl groups is 1. The first-order valence-electron chi connectivity index (χ1n) is 7.13. The van der Waals surface area contributed by atoms with Crippen LogP contribution >= 0.6 is 0 Å². The number of phenols is 1. The lowest BCUT2D eigenvalue weighted by molar-refractivity contribution is -0.124. The van der Waals surface area contributed by atoms with E-state index in [1.54, 1.807) is 18.2 Å². The Bertz CT molecular complexity index is 694. The van der Waals surface area contributed by atoms with Crippen molar-refractivity contribution in [3.8, 4) is 5.75 Å². The Morgan fingerprint density at radius 2 is 1.91 bits per heavy atom. The van der Waals surface area contributed by atoms with Gasteiger partial charge in [0, 0.05) is 11.9 Å². The average molecular weight is 301 g/mol. The first-order valence-corrected chi connectivity index (χ1v) is 7.13. The number of fused-ring (bicyclic) bond motifs is 1. The Kier molecular flexibility index (Phi) is 4.99. The molecule has 0 aliphatic heterocycles. The molecule has 0 aromatic heterocycles. The van der Waals surface area contributed by atoms with Crippen molar-refractivity contribution < 1.29 is 19.4 Å². The first-order chi connectivity index (χ1) is 10.5. The summed E-state index contributed by atoms with van der Waals surface area (Å²) in [4.78, 5) is 23.5. The number of ether oxygens (including phenoxy) is 1. The molecule has 2 N–H and O–H groups in total. The summed E-state index contributed by atoms with van der Waals surface area (Å²) >= 11 is 0. The Morgan fingerprint density at radius 1 is 1.18 bits per heavy atom. The molecule has 0 aliphatic rings. The van der Waals surface area contributed by atoms with Crippen LogP contribution in [0.15, 0.2) is 36.4 Å². The predicted molar refractivity (Wildman–Crippen MR) is 83.7 cm³/mol. The van der Waals surface area contributed by atoms with Gasteiger partial charge in [0.05, 0.1) is 0 Å². The van der Waals surface area contributed by atoms with Crippen LogP contribution in [0.1, 0.15) is 24.2 Å². The highest BCUT2D eigenvalue weighted by atomic mass is 16.5. The van der Waals surface area contributed by atoms with E-state index in [2.05, 4.69) is 5.32 Å². The van der Waals surface area contributed by atoms with Gasteiger partial charge in [0.1, 0.15) is 11.3 Å². The normalized spacial score (nSPS) is 10.7. The van der Waals surface area contributed by atoms with Crippen LogP contribution < -0.4 is 5.32 Å². The van der Waals surface area contributed by atoms with E-state index in [4.69, 9.17) is 4.74 Å². The maximum absolute atomic E-state index is 12.0. The second kappa shape index (κ2) is 6.93. The number of phenolic OH excluding ortho intramolecular Hbond substituents is 1. The van der Waals surface area contributed by atoms with Crippen molar-refractivity contribution in [2.24, 2.45) is 5.92 Å². The number of carbonyl (C=O) groups excluding carboxylic acids is 2. The zero-order valence-electron chi connectivity index (χ0n) is 12.6. The minimum Gasteiger partial charge on any atom is -0.506 e. The molecule has 2 aromatic carbocycles. The maximum Gasteiger partial charge on any atom is 0.342 e. The van der Waals surface area contributed by atoms with Gasteiger partial charge < -0.3 is 15.2 Å². The fourth-order valence-corrected chi connectivity index (χ4v) is 2.00. The van der Waals surface area contributed by atoms with Crippen LogP contribution in [-0.2, 0) is 9.53 Å². The summed E-state index contributed by atoms with van der Waals surface area (Å²) < 4.78 is 4.94. The number of amides is 1. The van der Waals surface area contributed by atoms with E-state index in [9.17, 15) is 14.7 Å².